The van der Waals surface area contributed by atoms with E-state index in [1.54, 1.807) is 19.5 Å². The van der Waals surface area contributed by atoms with Crippen molar-refractivity contribution in [1.29, 1.82) is 0 Å². The van der Waals surface area contributed by atoms with Crippen molar-refractivity contribution in [2.45, 2.75) is 25.6 Å². The van der Waals surface area contributed by atoms with Crippen LogP contribution >= 0.6 is 0 Å². The Morgan fingerprint density at radius 3 is 3.12 bits per heavy atom. The number of aromatic amines is 1. The number of methoxy groups -OCH3 is 1. The van der Waals surface area contributed by atoms with E-state index in [0.29, 0.717) is 32.0 Å². The lowest BCUT2D eigenvalue weighted by Gasteiger charge is -2.34. The molecule has 2 amide bonds. The Kier molecular flexibility index (Phi) is 5.85. The van der Waals surface area contributed by atoms with Gasteiger partial charge in [-0.3, -0.25) is 14.5 Å². The molecule has 0 spiro atoms. The Morgan fingerprint density at radius 1 is 1.46 bits per heavy atom. The van der Waals surface area contributed by atoms with Crippen LogP contribution in [0.25, 0.3) is 0 Å². The summed E-state index contributed by atoms with van der Waals surface area (Å²) in [5.41, 5.74) is 1.04. The van der Waals surface area contributed by atoms with Gasteiger partial charge in [-0.05, 0) is 17.7 Å². The number of carbonyl (C=O) groups is 2. The number of rotatable bonds is 7. The molecule has 1 aliphatic rings. The molecule has 0 aliphatic carbocycles. The van der Waals surface area contributed by atoms with Crippen molar-refractivity contribution in [2.75, 3.05) is 20.2 Å². The van der Waals surface area contributed by atoms with E-state index in [0.717, 1.165) is 11.3 Å². The molecule has 1 saturated heterocycles. The summed E-state index contributed by atoms with van der Waals surface area (Å²) in [5.74, 6) is 1.16. The van der Waals surface area contributed by atoms with Gasteiger partial charge in [0, 0.05) is 32.0 Å². The topological polar surface area (TPSA) is 99.3 Å². The van der Waals surface area contributed by atoms with Crippen LogP contribution in [-0.2, 0) is 22.7 Å². The van der Waals surface area contributed by atoms with E-state index in [9.17, 15) is 9.59 Å². The summed E-state index contributed by atoms with van der Waals surface area (Å²) in [6.45, 7) is 2.17. The Hall–Kier alpha value is -2.87. The normalized spacial score (nSPS) is 17.6. The average Bonchev–Trinajstić information content (AvgIpc) is 3.17. The summed E-state index contributed by atoms with van der Waals surface area (Å²) in [6, 6.07) is 7.24. The summed E-state index contributed by atoms with van der Waals surface area (Å²) < 4.78 is 5.25. The summed E-state index contributed by atoms with van der Waals surface area (Å²) in [5, 5.41) is 5.64. The monoisotopic (exact) mass is 357 g/mol. The van der Waals surface area contributed by atoms with Crippen LogP contribution in [0.4, 0.5) is 0 Å². The number of benzene rings is 1. The van der Waals surface area contributed by atoms with E-state index >= 15 is 0 Å². The van der Waals surface area contributed by atoms with Gasteiger partial charge in [0.05, 0.1) is 26.1 Å². The molecule has 0 radical (unpaired) electrons. The SMILES string of the molecule is COc1cccc(CN2CCNC(=O)C2CC(=O)NCc2ncc[nH]2)c1. The lowest BCUT2D eigenvalue weighted by atomic mass is 10.1. The molecule has 8 nitrogen and oxygen atoms in total. The Bertz CT molecular complexity index is 747. The average molecular weight is 357 g/mol. The molecular formula is C18H23N5O3. The Morgan fingerprint density at radius 2 is 2.35 bits per heavy atom. The molecule has 3 rings (SSSR count). The third-order valence-electron chi connectivity index (χ3n) is 4.35. The van der Waals surface area contributed by atoms with Gasteiger partial charge < -0.3 is 20.4 Å². The molecule has 1 aliphatic heterocycles. The maximum atomic E-state index is 12.3. The number of nitrogens with zero attached hydrogens (tertiary/aromatic N) is 2. The largest absolute Gasteiger partial charge is 0.497 e. The van der Waals surface area contributed by atoms with E-state index in [-0.39, 0.29) is 18.2 Å². The number of hydrogen-bond acceptors (Lipinski definition) is 5. The highest BCUT2D eigenvalue weighted by atomic mass is 16.5. The number of aromatic nitrogens is 2. The molecule has 3 N–H and O–H groups in total. The van der Waals surface area contributed by atoms with E-state index in [2.05, 4.69) is 20.6 Å². The maximum Gasteiger partial charge on any atom is 0.237 e. The second-order valence-electron chi connectivity index (χ2n) is 6.15. The molecule has 138 valence electrons. The lowest BCUT2D eigenvalue weighted by Crippen LogP contribution is -2.56. The number of nitrogens with one attached hydrogen (secondary N) is 3. The summed E-state index contributed by atoms with van der Waals surface area (Å²) in [4.78, 5) is 33.6. The van der Waals surface area contributed by atoms with Crippen molar-refractivity contribution in [2.24, 2.45) is 0 Å². The standard InChI is InChI=1S/C18H23N5O3/c1-26-14-4-2-3-13(9-14)12-23-8-7-21-18(25)15(23)10-17(24)22-11-16-19-5-6-20-16/h2-6,9,15H,7-8,10-12H2,1H3,(H,19,20)(H,21,25)(H,22,24). The molecule has 1 aromatic heterocycles. The zero-order chi connectivity index (χ0) is 18.4. The van der Waals surface area contributed by atoms with Gasteiger partial charge in [0.25, 0.3) is 0 Å². The maximum absolute atomic E-state index is 12.3. The van der Waals surface area contributed by atoms with Crippen molar-refractivity contribution >= 4 is 11.8 Å². The minimum atomic E-state index is -0.494. The molecule has 0 bridgehead atoms. The lowest BCUT2D eigenvalue weighted by molar-refractivity contribution is -0.134. The molecule has 1 aromatic carbocycles. The van der Waals surface area contributed by atoms with E-state index in [1.165, 1.54) is 0 Å². The molecule has 1 fully saturated rings. The predicted molar refractivity (Wildman–Crippen MR) is 95.3 cm³/mol. The smallest absolute Gasteiger partial charge is 0.237 e. The minimum Gasteiger partial charge on any atom is -0.497 e. The van der Waals surface area contributed by atoms with Crippen LogP contribution in [0.1, 0.15) is 17.8 Å². The summed E-state index contributed by atoms with van der Waals surface area (Å²) in [7, 11) is 1.62. The van der Waals surface area contributed by atoms with Crippen molar-refractivity contribution in [3.63, 3.8) is 0 Å². The molecule has 0 saturated carbocycles. The van der Waals surface area contributed by atoms with Gasteiger partial charge in [-0.2, -0.15) is 0 Å². The van der Waals surface area contributed by atoms with Crippen molar-refractivity contribution in [3.05, 3.63) is 48.0 Å². The highest BCUT2D eigenvalue weighted by Gasteiger charge is 2.31. The van der Waals surface area contributed by atoms with Gasteiger partial charge in [0.1, 0.15) is 11.6 Å². The summed E-state index contributed by atoms with van der Waals surface area (Å²) >= 11 is 0. The molecule has 1 unspecified atom stereocenters. The molecule has 26 heavy (non-hydrogen) atoms. The Labute approximate surface area is 151 Å². The highest BCUT2D eigenvalue weighted by molar-refractivity contribution is 5.88. The van der Waals surface area contributed by atoms with Gasteiger partial charge in [-0.25, -0.2) is 4.98 Å². The fourth-order valence-electron chi connectivity index (χ4n) is 3.00. The van der Waals surface area contributed by atoms with Crippen LogP contribution in [-0.4, -0.2) is 52.9 Å². The van der Waals surface area contributed by atoms with Crippen LogP contribution in [0, 0.1) is 0 Å². The van der Waals surface area contributed by atoms with E-state index in [4.69, 9.17) is 4.74 Å². The number of imidazole rings is 1. The number of carbonyl (C=O) groups excluding carboxylic acids is 2. The molecule has 8 heteroatoms. The number of amides is 2. The first kappa shape index (κ1) is 17.9. The van der Waals surface area contributed by atoms with E-state index < -0.39 is 6.04 Å². The third kappa shape index (κ3) is 4.60. The number of H-pyrrole nitrogens is 1. The van der Waals surface area contributed by atoms with Crippen molar-refractivity contribution in [1.82, 2.24) is 25.5 Å². The van der Waals surface area contributed by atoms with Gasteiger partial charge in [0.15, 0.2) is 0 Å². The second-order valence-corrected chi connectivity index (χ2v) is 6.15. The molecule has 1 atom stereocenters. The number of piperazine rings is 1. The van der Waals surface area contributed by atoms with Gasteiger partial charge >= 0.3 is 0 Å². The predicted octanol–water partition coefficient (Wildman–Crippen LogP) is 0.425. The summed E-state index contributed by atoms with van der Waals surface area (Å²) in [6.07, 6.45) is 3.44. The zero-order valence-corrected chi connectivity index (χ0v) is 14.7. The zero-order valence-electron chi connectivity index (χ0n) is 14.7. The van der Waals surface area contributed by atoms with Crippen LogP contribution in [0.15, 0.2) is 36.7 Å². The Balaban J connectivity index is 1.61. The second kappa shape index (κ2) is 8.48. The van der Waals surface area contributed by atoms with Crippen LogP contribution in [0.5, 0.6) is 5.75 Å². The van der Waals surface area contributed by atoms with E-state index in [1.807, 2.05) is 29.2 Å². The number of hydrogen-bond donors (Lipinski definition) is 3. The van der Waals surface area contributed by atoms with Gasteiger partial charge in [-0.15, -0.1) is 0 Å². The fourth-order valence-corrected chi connectivity index (χ4v) is 3.00. The quantitative estimate of drug-likeness (QED) is 0.667. The first-order valence-electron chi connectivity index (χ1n) is 8.55. The van der Waals surface area contributed by atoms with Crippen LogP contribution in [0.3, 0.4) is 0 Å². The van der Waals surface area contributed by atoms with Crippen LogP contribution < -0.4 is 15.4 Å². The number of ether oxygens (including phenoxy) is 1. The van der Waals surface area contributed by atoms with Gasteiger partial charge in [0.2, 0.25) is 11.8 Å². The van der Waals surface area contributed by atoms with Gasteiger partial charge in [-0.1, -0.05) is 12.1 Å². The molecule has 2 heterocycles. The van der Waals surface area contributed by atoms with Crippen molar-refractivity contribution in [3.8, 4) is 5.75 Å². The van der Waals surface area contributed by atoms with Crippen LogP contribution in [0.2, 0.25) is 0 Å². The first-order chi connectivity index (χ1) is 12.7. The fraction of sp³-hybridized carbons (Fsp3) is 0.389. The minimum absolute atomic E-state index is 0.108. The molecule has 2 aromatic rings. The first-order valence-corrected chi connectivity index (χ1v) is 8.55. The highest BCUT2D eigenvalue weighted by Crippen LogP contribution is 2.18. The van der Waals surface area contributed by atoms with Crippen molar-refractivity contribution < 1.29 is 14.3 Å². The third-order valence-corrected chi connectivity index (χ3v) is 4.35. The molecular weight excluding hydrogens is 334 g/mol.